The van der Waals surface area contributed by atoms with Gasteiger partial charge in [0.05, 0.1) is 22.5 Å². The van der Waals surface area contributed by atoms with Crippen LogP contribution in [0.15, 0.2) is 47.0 Å². The molecule has 0 saturated carbocycles. The lowest BCUT2D eigenvalue weighted by Gasteiger charge is -2.33. The van der Waals surface area contributed by atoms with E-state index in [-0.39, 0.29) is 27.8 Å². The van der Waals surface area contributed by atoms with Gasteiger partial charge in [0.1, 0.15) is 5.82 Å². The van der Waals surface area contributed by atoms with Gasteiger partial charge in [-0.3, -0.25) is 19.7 Å². The Bertz CT molecular complexity index is 1320. The number of hydrogen-bond acceptors (Lipinski definition) is 5. The number of rotatable bonds is 3. The average molecular weight is 461 g/mol. The third kappa shape index (κ3) is 3.69. The first-order valence-electron chi connectivity index (χ1n) is 11.2. The molecule has 34 heavy (non-hydrogen) atoms. The average Bonchev–Trinajstić information content (AvgIpc) is 3.31. The Hall–Kier alpha value is -3.81. The Morgan fingerprint density at radius 3 is 2.50 bits per heavy atom. The first-order valence-corrected chi connectivity index (χ1v) is 11.2. The Morgan fingerprint density at radius 1 is 1.09 bits per heavy atom. The molecule has 0 radical (unpaired) electrons. The molecule has 1 aliphatic heterocycles. The van der Waals surface area contributed by atoms with Crippen molar-refractivity contribution in [2.45, 2.75) is 40.0 Å². The molecule has 7 nitrogen and oxygen atoms in total. The van der Waals surface area contributed by atoms with Gasteiger partial charge in [-0.1, -0.05) is 25.9 Å². The van der Waals surface area contributed by atoms with Crippen molar-refractivity contribution in [1.82, 2.24) is 5.16 Å². The molecule has 174 valence electrons. The number of amides is 3. The maximum Gasteiger partial charge on any atom is 0.266 e. The zero-order valence-corrected chi connectivity index (χ0v) is 19.1. The number of carbonyl (C=O) groups excluding carboxylic acids is 3. The minimum atomic E-state index is -0.564. The highest BCUT2D eigenvalue weighted by molar-refractivity contribution is 6.34. The van der Waals surface area contributed by atoms with E-state index in [1.54, 1.807) is 0 Å². The minimum absolute atomic E-state index is 0.120. The van der Waals surface area contributed by atoms with E-state index in [1.807, 2.05) is 0 Å². The number of nitrogens with zero attached hydrogens (tertiary/aromatic N) is 2. The SMILES string of the molecule is CC(C)(C)[C@@H]1CCc2noc(NC(=O)c3ccc4c(c3)C(=O)N(c3ccc(F)cc3)C4=O)c2C1. The molecule has 2 aromatic carbocycles. The van der Waals surface area contributed by atoms with Crippen LogP contribution in [0.4, 0.5) is 16.0 Å². The van der Waals surface area contributed by atoms with Crippen LogP contribution in [0.1, 0.15) is 69.5 Å². The van der Waals surface area contributed by atoms with Gasteiger partial charge in [-0.25, -0.2) is 9.29 Å². The number of benzene rings is 2. The van der Waals surface area contributed by atoms with Gasteiger partial charge in [0, 0.05) is 11.1 Å². The molecule has 8 heteroatoms. The second-order valence-electron chi connectivity index (χ2n) is 9.88. The van der Waals surface area contributed by atoms with E-state index < -0.39 is 23.5 Å². The smallest absolute Gasteiger partial charge is 0.266 e. The lowest BCUT2D eigenvalue weighted by atomic mass is 9.72. The number of hydrogen-bond donors (Lipinski definition) is 1. The zero-order chi connectivity index (χ0) is 24.2. The van der Waals surface area contributed by atoms with Crippen LogP contribution in [-0.2, 0) is 12.8 Å². The van der Waals surface area contributed by atoms with Crippen molar-refractivity contribution >= 4 is 29.3 Å². The summed E-state index contributed by atoms with van der Waals surface area (Å²) in [5.41, 5.74) is 2.69. The largest absolute Gasteiger partial charge is 0.338 e. The van der Waals surface area contributed by atoms with Crippen molar-refractivity contribution in [2.24, 2.45) is 11.3 Å². The molecule has 0 bridgehead atoms. The summed E-state index contributed by atoms with van der Waals surface area (Å²) in [6.45, 7) is 6.60. The highest BCUT2D eigenvalue weighted by Gasteiger charge is 2.37. The van der Waals surface area contributed by atoms with Crippen LogP contribution < -0.4 is 10.2 Å². The summed E-state index contributed by atoms with van der Waals surface area (Å²) in [6.07, 6.45) is 2.58. The summed E-state index contributed by atoms with van der Waals surface area (Å²) in [7, 11) is 0. The molecule has 1 aromatic heterocycles. The van der Waals surface area contributed by atoms with E-state index in [0.29, 0.717) is 11.8 Å². The quantitative estimate of drug-likeness (QED) is 0.553. The van der Waals surface area contributed by atoms with Crippen LogP contribution in [0.3, 0.4) is 0 Å². The molecular formula is C26H24FN3O4. The van der Waals surface area contributed by atoms with E-state index in [2.05, 4.69) is 31.2 Å². The van der Waals surface area contributed by atoms with Crippen molar-refractivity contribution < 1.29 is 23.3 Å². The number of aryl methyl sites for hydroxylation is 1. The van der Waals surface area contributed by atoms with Crippen LogP contribution in [0.5, 0.6) is 0 Å². The number of anilines is 2. The van der Waals surface area contributed by atoms with Gasteiger partial charge in [0.2, 0.25) is 5.88 Å². The monoisotopic (exact) mass is 461 g/mol. The maximum atomic E-state index is 13.3. The Kier molecular flexibility index (Phi) is 5.11. The summed E-state index contributed by atoms with van der Waals surface area (Å²) >= 11 is 0. The molecule has 0 fully saturated rings. The number of fused-ring (bicyclic) bond motifs is 2. The number of imide groups is 1. The number of nitrogens with one attached hydrogen (secondary N) is 1. The topological polar surface area (TPSA) is 92.5 Å². The van der Waals surface area contributed by atoms with E-state index >= 15 is 0 Å². The second-order valence-corrected chi connectivity index (χ2v) is 9.88. The Balaban J connectivity index is 1.38. The van der Waals surface area contributed by atoms with Gasteiger partial charge >= 0.3 is 0 Å². The zero-order valence-electron chi connectivity index (χ0n) is 19.1. The predicted molar refractivity (Wildman–Crippen MR) is 123 cm³/mol. The fourth-order valence-electron chi connectivity index (χ4n) is 4.63. The van der Waals surface area contributed by atoms with Gasteiger partial charge < -0.3 is 4.52 Å². The van der Waals surface area contributed by atoms with Crippen LogP contribution >= 0.6 is 0 Å². The molecule has 3 amide bonds. The molecule has 3 aromatic rings. The van der Waals surface area contributed by atoms with Crippen molar-refractivity contribution in [3.63, 3.8) is 0 Å². The molecule has 0 spiro atoms. The Morgan fingerprint density at radius 2 is 1.79 bits per heavy atom. The first kappa shape index (κ1) is 22.0. The van der Waals surface area contributed by atoms with E-state index in [9.17, 15) is 18.8 Å². The summed E-state index contributed by atoms with van der Waals surface area (Å²) in [5, 5.41) is 6.91. The van der Waals surface area contributed by atoms with Crippen LogP contribution in [0.2, 0.25) is 0 Å². The fraction of sp³-hybridized carbons (Fsp3) is 0.308. The number of halogens is 1. The second kappa shape index (κ2) is 7.90. The maximum absolute atomic E-state index is 13.3. The summed E-state index contributed by atoms with van der Waals surface area (Å²) in [5.74, 6) is -1.24. The molecule has 0 unspecified atom stereocenters. The van der Waals surface area contributed by atoms with E-state index in [4.69, 9.17) is 4.52 Å². The normalized spacial score (nSPS) is 17.5. The molecule has 1 atom stereocenters. The summed E-state index contributed by atoms with van der Waals surface area (Å²) in [4.78, 5) is 39.7. The first-order chi connectivity index (χ1) is 16.1. The molecule has 2 aliphatic rings. The molecule has 1 N–H and O–H groups in total. The van der Waals surface area contributed by atoms with Crippen molar-refractivity contribution in [1.29, 1.82) is 0 Å². The number of aromatic nitrogens is 1. The lowest BCUT2D eigenvalue weighted by molar-refractivity contribution is 0.0925. The predicted octanol–water partition coefficient (Wildman–Crippen LogP) is 5.02. The lowest BCUT2D eigenvalue weighted by Crippen LogP contribution is -2.29. The summed E-state index contributed by atoms with van der Waals surface area (Å²) < 4.78 is 18.7. The number of carbonyl (C=O) groups is 3. The standard InChI is InChI=1S/C26H24FN3O4/c1-26(2,3)15-5-11-21-20(13-15)23(34-29-21)28-22(31)14-4-10-18-19(12-14)25(33)30(24(18)32)17-8-6-16(27)7-9-17/h4,6-10,12,15H,5,11,13H2,1-3H3,(H,28,31)/t15-/m1/s1. The van der Waals surface area contributed by atoms with Gasteiger partial charge in [-0.05, 0) is 73.1 Å². The highest BCUT2D eigenvalue weighted by Crippen LogP contribution is 2.39. The highest BCUT2D eigenvalue weighted by atomic mass is 19.1. The fourth-order valence-corrected chi connectivity index (χ4v) is 4.63. The van der Waals surface area contributed by atoms with Crippen molar-refractivity contribution in [3.8, 4) is 0 Å². The van der Waals surface area contributed by atoms with Crippen LogP contribution in [0, 0.1) is 17.2 Å². The van der Waals surface area contributed by atoms with Gasteiger partial charge in [-0.15, -0.1) is 0 Å². The molecule has 5 rings (SSSR count). The molecule has 0 saturated heterocycles. The van der Waals surface area contributed by atoms with E-state index in [0.717, 1.165) is 35.4 Å². The molecule has 1 aliphatic carbocycles. The van der Waals surface area contributed by atoms with Crippen molar-refractivity contribution in [2.75, 3.05) is 10.2 Å². The third-order valence-corrected chi connectivity index (χ3v) is 6.74. The van der Waals surface area contributed by atoms with Crippen molar-refractivity contribution in [3.05, 3.63) is 76.2 Å². The minimum Gasteiger partial charge on any atom is -0.338 e. The molecule has 2 heterocycles. The van der Waals surface area contributed by atoms with Gasteiger partial charge in [-0.2, -0.15) is 0 Å². The summed E-state index contributed by atoms with van der Waals surface area (Å²) in [6, 6.07) is 9.44. The molecular weight excluding hydrogens is 437 g/mol. The van der Waals surface area contributed by atoms with Crippen LogP contribution in [-0.4, -0.2) is 22.9 Å². The van der Waals surface area contributed by atoms with E-state index in [1.165, 1.54) is 42.5 Å². The van der Waals surface area contributed by atoms with Crippen LogP contribution in [0.25, 0.3) is 0 Å². The third-order valence-electron chi connectivity index (χ3n) is 6.74. The van der Waals surface area contributed by atoms with Gasteiger partial charge in [0.25, 0.3) is 17.7 Å². The van der Waals surface area contributed by atoms with Gasteiger partial charge in [0.15, 0.2) is 0 Å². The Labute approximate surface area is 195 Å².